The van der Waals surface area contributed by atoms with Gasteiger partial charge in [-0.3, -0.25) is 4.79 Å². The maximum Gasteiger partial charge on any atom is 0.291 e. The van der Waals surface area contributed by atoms with Crippen molar-refractivity contribution < 1.29 is 13.6 Å². The molecule has 3 aromatic rings. The smallest absolute Gasteiger partial charge is 0.291 e. The quantitative estimate of drug-likeness (QED) is 0.727. The summed E-state index contributed by atoms with van der Waals surface area (Å²) in [6.07, 6.45) is 8.02. The molecule has 1 fully saturated rings. The van der Waals surface area contributed by atoms with E-state index in [0.29, 0.717) is 18.9 Å². The molecular formula is C19H19N3O3. The summed E-state index contributed by atoms with van der Waals surface area (Å²) in [5.74, 6) is 1.49. The molecule has 128 valence electrons. The zero-order valence-corrected chi connectivity index (χ0v) is 13.8. The van der Waals surface area contributed by atoms with Crippen molar-refractivity contribution in [2.75, 3.05) is 6.54 Å². The molecule has 3 heterocycles. The number of benzene rings is 1. The predicted molar refractivity (Wildman–Crippen MR) is 89.9 cm³/mol. The molecule has 0 saturated carbocycles. The number of hydrogen-bond acceptors (Lipinski definition) is 5. The highest BCUT2D eigenvalue weighted by atomic mass is 16.4. The molecule has 1 saturated heterocycles. The minimum Gasteiger partial charge on any atom is -0.443 e. The Morgan fingerprint density at radius 3 is 2.88 bits per heavy atom. The first-order chi connectivity index (χ1) is 12.3. The van der Waals surface area contributed by atoms with Crippen molar-refractivity contribution in [3.05, 3.63) is 72.1 Å². The number of nitrogens with zero attached hydrogens (tertiary/aromatic N) is 3. The van der Waals surface area contributed by atoms with Gasteiger partial charge in [-0.25, -0.2) is 9.97 Å². The largest absolute Gasteiger partial charge is 0.443 e. The first-order valence-electron chi connectivity index (χ1n) is 8.49. The standard InChI is InChI=1S/C19H19N3O3/c23-19(17-12-20-13-24-17)22-9-5-4-8-16(22)18-21-11-15(25-18)10-14-6-2-1-3-7-14/h1-3,6-7,11-13,16H,4-5,8-10H2. The van der Waals surface area contributed by atoms with Gasteiger partial charge >= 0.3 is 0 Å². The van der Waals surface area contributed by atoms with E-state index < -0.39 is 0 Å². The maximum atomic E-state index is 12.7. The normalized spacial score (nSPS) is 17.6. The number of hydrogen-bond donors (Lipinski definition) is 0. The number of amides is 1. The van der Waals surface area contributed by atoms with Gasteiger partial charge in [-0.15, -0.1) is 0 Å². The number of carbonyl (C=O) groups is 1. The van der Waals surface area contributed by atoms with Crippen molar-refractivity contribution in [1.29, 1.82) is 0 Å². The molecule has 0 radical (unpaired) electrons. The molecule has 6 heteroatoms. The van der Waals surface area contributed by atoms with Crippen LogP contribution in [0.5, 0.6) is 0 Å². The summed E-state index contributed by atoms with van der Waals surface area (Å²) < 4.78 is 11.1. The minimum atomic E-state index is -0.162. The molecule has 4 rings (SSSR count). The average Bonchev–Trinajstić information content (AvgIpc) is 3.34. The fraction of sp³-hybridized carbons (Fsp3) is 0.316. The molecule has 6 nitrogen and oxygen atoms in total. The van der Waals surface area contributed by atoms with Gasteiger partial charge in [0.2, 0.25) is 11.7 Å². The van der Waals surface area contributed by atoms with Crippen LogP contribution in [0.1, 0.15) is 53.1 Å². The van der Waals surface area contributed by atoms with Gasteiger partial charge in [-0.2, -0.15) is 0 Å². The van der Waals surface area contributed by atoms with Crippen molar-refractivity contribution in [3.63, 3.8) is 0 Å². The van der Waals surface area contributed by atoms with Crippen LogP contribution in [-0.4, -0.2) is 27.3 Å². The topological polar surface area (TPSA) is 72.4 Å². The van der Waals surface area contributed by atoms with Gasteiger partial charge in [0.1, 0.15) is 11.8 Å². The third-order valence-corrected chi connectivity index (χ3v) is 4.48. The van der Waals surface area contributed by atoms with Gasteiger partial charge in [0.05, 0.1) is 12.4 Å². The molecule has 0 spiro atoms. The molecule has 0 N–H and O–H groups in total. The van der Waals surface area contributed by atoms with Crippen molar-refractivity contribution >= 4 is 5.91 Å². The van der Waals surface area contributed by atoms with Crippen molar-refractivity contribution in [2.24, 2.45) is 0 Å². The summed E-state index contributed by atoms with van der Waals surface area (Å²) in [4.78, 5) is 22.7. The second-order valence-corrected chi connectivity index (χ2v) is 6.20. The fourth-order valence-electron chi connectivity index (χ4n) is 3.25. The van der Waals surface area contributed by atoms with Crippen LogP contribution in [0.15, 0.2) is 58.0 Å². The number of rotatable bonds is 4. The van der Waals surface area contributed by atoms with Gasteiger partial charge in [0.15, 0.2) is 6.39 Å². The Morgan fingerprint density at radius 1 is 1.20 bits per heavy atom. The molecule has 25 heavy (non-hydrogen) atoms. The highest BCUT2D eigenvalue weighted by Crippen LogP contribution is 2.32. The van der Waals surface area contributed by atoms with Crippen LogP contribution in [0.3, 0.4) is 0 Å². The van der Waals surface area contributed by atoms with Gasteiger partial charge in [0, 0.05) is 13.0 Å². The first kappa shape index (κ1) is 15.6. The molecule has 1 aliphatic heterocycles. The fourth-order valence-corrected chi connectivity index (χ4v) is 3.25. The van der Waals surface area contributed by atoms with Gasteiger partial charge in [-0.1, -0.05) is 30.3 Å². The molecule has 0 bridgehead atoms. The zero-order valence-electron chi connectivity index (χ0n) is 13.8. The summed E-state index contributed by atoms with van der Waals surface area (Å²) in [7, 11) is 0. The van der Waals surface area contributed by atoms with Crippen molar-refractivity contribution in [1.82, 2.24) is 14.9 Å². The van der Waals surface area contributed by atoms with E-state index in [0.717, 1.165) is 25.0 Å². The van der Waals surface area contributed by atoms with E-state index in [9.17, 15) is 4.79 Å². The minimum absolute atomic E-state index is 0.157. The van der Waals surface area contributed by atoms with E-state index in [1.807, 2.05) is 18.2 Å². The number of oxazole rings is 2. The summed E-state index contributed by atoms with van der Waals surface area (Å²) >= 11 is 0. The number of likely N-dealkylation sites (tertiary alicyclic amines) is 1. The van der Waals surface area contributed by atoms with Gasteiger partial charge in [0.25, 0.3) is 5.91 Å². The van der Waals surface area contributed by atoms with Crippen LogP contribution in [0.25, 0.3) is 0 Å². The SMILES string of the molecule is O=C(c1cnco1)N1CCCCC1c1ncc(Cc2ccccc2)o1. The summed E-state index contributed by atoms with van der Waals surface area (Å²) in [6.45, 7) is 0.667. The van der Waals surface area contributed by atoms with E-state index in [1.165, 1.54) is 18.2 Å². The summed E-state index contributed by atoms with van der Waals surface area (Å²) in [5, 5.41) is 0. The number of piperidine rings is 1. The third-order valence-electron chi connectivity index (χ3n) is 4.48. The van der Waals surface area contributed by atoms with E-state index in [2.05, 4.69) is 22.1 Å². The van der Waals surface area contributed by atoms with Gasteiger partial charge in [-0.05, 0) is 24.8 Å². The second-order valence-electron chi connectivity index (χ2n) is 6.20. The average molecular weight is 337 g/mol. The summed E-state index contributed by atoms with van der Waals surface area (Å²) in [6, 6.07) is 9.96. The Morgan fingerprint density at radius 2 is 2.08 bits per heavy atom. The lowest BCUT2D eigenvalue weighted by Gasteiger charge is -2.33. The van der Waals surface area contributed by atoms with Crippen LogP contribution >= 0.6 is 0 Å². The highest BCUT2D eigenvalue weighted by molar-refractivity contribution is 5.91. The van der Waals surface area contributed by atoms with E-state index in [4.69, 9.17) is 8.83 Å². The Labute approximate surface area is 145 Å². The monoisotopic (exact) mass is 337 g/mol. The van der Waals surface area contributed by atoms with Gasteiger partial charge < -0.3 is 13.7 Å². The van der Waals surface area contributed by atoms with Crippen LogP contribution < -0.4 is 0 Å². The Hall–Kier alpha value is -2.89. The summed E-state index contributed by atoms with van der Waals surface area (Å²) in [5.41, 5.74) is 1.17. The Kier molecular flexibility index (Phi) is 4.33. The van der Waals surface area contributed by atoms with E-state index in [1.54, 1.807) is 11.1 Å². The molecule has 1 aromatic carbocycles. The Bertz CT molecular complexity index is 827. The first-order valence-corrected chi connectivity index (χ1v) is 8.49. The highest BCUT2D eigenvalue weighted by Gasteiger charge is 2.33. The van der Waals surface area contributed by atoms with E-state index >= 15 is 0 Å². The van der Waals surface area contributed by atoms with Crippen LogP contribution in [-0.2, 0) is 6.42 Å². The second kappa shape index (κ2) is 6.93. The van der Waals surface area contributed by atoms with Crippen molar-refractivity contribution in [2.45, 2.75) is 31.7 Å². The maximum absolute atomic E-state index is 12.7. The van der Waals surface area contributed by atoms with Crippen LogP contribution in [0, 0.1) is 0 Å². The lowest BCUT2D eigenvalue weighted by atomic mass is 10.0. The number of aromatic nitrogens is 2. The molecule has 1 aliphatic rings. The zero-order chi connectivity index (χ0) is 17.1. The molecule has 1 amide bonds. The molecule has 1 unspecified atom stereocenters. The molecular weight excluding hydrogens is 318 g/mol. The lowest BCUT2D eigenvalue weighted by Crippen LogP contribution is -2.38. The molecule has 1 atom stereocenters. The molecule has 0 aliphatic carbocycles. The molecule has 2 aromatic heterocycles. The predicted octanol–water partition coefficient (Wildman–Crippen LogP) is 3.62. The van der Waals surface area contributed by atoms with Crippen LogP contribution in [0.2, 0.25) is 0 Å². The third kappa shape index (κ3) is 3.33. The number of carbonyl (C=O) groups excluding carboxylic acids is 1. The van der Waals surface area contributed by atoms with Crippen molar-refractivity contribution in [3.8, 4) is 0 Å². The Balaban J connectivity index is 1.54. The van der Waals surface area contributed by atoms with Crippen LogP contribution in [0.4, 0.5) is 0 Å². The lowest BCUT2D eigenvalue weighted by molar-refractivity contribution is 0.0538. The van der Waals surface area contributed by atoms with E-state index in [-0.39, 0.29) is 17.7 Å².